The van der Waals surface area contributed by atoms with E-state index >= 15 is 0 Å². The molecule has 0 aliphatic heterocycles. The zero-order valence-corrected chi connectivity index (χ0v) is 24.7. The number of hydrogen-bond acceptors (Lipinski definition) is 3. The van der Waals surface area contributed by atoms with Gasteiger partial charge < -0.3 is 4.90 Å². The van der Waals surface area contributed by atoms with Crippen LogP contribution in [0, 0.1) is 5.82 Å². The number of carbonyl (C=O) groups excluding carboxylic acids is 1. The molecule has 1 fully saturated rings. The van der Waals surface area contributed by atoms with Crippen molar-refractivity contribution in [2.24, 2.45) is 0 Å². The maximum atomic E-state index is 14.1. The van der Waals surface area contributed by atoms with Crippen LogP contribution in [0.25, 0.3) is 0 Å². The lowest BCUT2D eigenvalue weighted by atomic mass is 9.76. The Labute approximate surface area is 242 Å². The van der Waals surface area contributed by atoms with E-state index in [1.165, 1.54) is 17.5 Å². The predicted molar refractivity (Wildman–Crippen MR) is 149 cm³/mol. The fourth-order valence-corrected chi connectivity index (χ4v) is 6.19. The number of nitrogens with one attached hydrogen (secondary N) is 1. The van der Waals surface area contributed by atoms with Gasteiger partial charge in [0, 0.05) is 19.6 Å². The number of rotatable bonds is 9. The first kappa shape index (κ1) is 32.4. The van der Waals surface area contributed by atoms with E-state index in [1.807, 2.05) is 0 Å². The van der Waals surface area contributed by atoms with Gasteiger partial charge in [-0.05, 0) is 80.8 Å². The van der Waals surface area contributed by atoms with E-state index in [1.54, 1.807) is 25.1 Å². The summed E-state index contributed by atoms with van der Waals surface area (Å²) in [6, 6.07) is 7.47. The van der Waals surface area contributed by atoms with Crippen molar-refractivity contribution in [3.8, 4) is 0 Å². The van der Waals surface area contributed by atoms with Gasteiger partial charge >= 0.3 is 6.18 Å². The second-order valence-electron chi connectivity index (χ2n) is 10.5. The number of hydrogen-bond donors (Lipinski definition) is 1. The van der Waals surface area contributed by atoms with E-state index in [-0.39, 0.29) is 29.1 Å². The molecule has 1 amide bonds. The van der Waals surface area contributed by atoms with Gasteiger partial charge in [-0.1, -0.05) is 47.0 Å². The number of amides is 1. The topological polar surface area (TPSA) is 66.5 Å². The minimum Gasteiger partial charge on any atom is -0.341 e. The zero-order chi connectivity index (χ0) is 29.9. The number of alkyl halides is 3. The molecule has 0 spiro atoms. The third-order valence-corrected chi connectivity index (χ3v) is 8.72. The number of allylic oxidation sites excluding steroid dienone is 2. The Morgan fingerprint density at radius 3 is 2.30 bits per heavy atom. The van der Waals surface area contributed by atoms with E-state index in [2.05, 4.69) is 10.8 Å². The number of benzene rings is 2. The summed E-state index contributed by atoms with van der Waals surface area (Å²) >= 11 is 12.4. The van der Waals surface area contributed by atoms with Crippen molar-refractivity contribution < 1.29 is 30.8 Å². The molecular formula is C28H32Cl2F4N2O3S. The van der Waals surface area contributed by atoms with Crippen molar-refractivity contribution in [1.82, 2.24) is 9.62 Å². The predicted octanol–water partition coefficient (Wildman–Crippen LogP) is 7.27. The number of halogens is 6. The fraction of sp³-hybridized carbons (Fsp3) is 0.464. The maximum absolute atomic E-state index is 14.1. The summed E-state index contributed by atoms with van der Waals surface area (Å²) in [7, 11) is -1.75. The van der Waals surface area contributed by atoms with E-state index in [4.69, 9.17) is 23.2 Å². The van der Waals surface area contributed by atoms with Crippen LogP contribution in [0.1, 0.15) is 62.1 Å². The molecule has 1 aliphatic rings. The minimum absolute atomic E-state index is 0.0966. The Kier molecular flexibility index (Phi) is 10.4. The van der Waals surface area contributed by atoms with Gasteiger partial charge in [0.2, 0.25) is 15.9 Å². The van der Waals surface area contributed by atoms with Gasteiger partial charge in [-0.3, -0.25) is 4.79 Å². The van der Waals surface area contributed by atoms with E-state index in [9.17, 15) is 30.8 Å². The van der Waals surface area contributed by atoms with Crippen LogP contribution >= 0.6 is 23.2 Å². The Morgan fingerprint density at radius 2 is 1.75 bits per heavy atom. The van der Waals surface area contributed by atoms with Crippen LogP contribution in [0.5, 0.6) is 0 Å². The molecule has 3 rings (SSSR count). The highest BCUT2D eigenvalue weighted by atomic mass is 35.5. The average molecular weight is 624 g/mol. The van der Waals surface area contributed by atoms with Crippen molar-refractivity contribution in [3.63, 3.8) is 0 Å². The van der Waals surface area contributed by atoms with E-state index < -0.39 is 33.0 Å². The number of nitrogens with zero attached hydrogens (tertiary/aromatic N) is 1. The van der Waals surface area contributed by atoms with Gasteiger partial charge in [-0.15, -0.1) is 0 Å². The lowest BCUT2D eigenvalue weighted by molar-refractivity contribution is -0.140. The average Bonchev–Trinajstić information content (AvgIpc) is 2.84. The standard InChI is InChI=1S/C28H32Cl2F4N2O3S/c1-27(20-9-13-23(29)24(30)16-20,14-4-5-18-6-10-21(11-7-18)35-40(3,38)39)26(37)36(2)17-19-8-12-22(25(31)15-19)28(32,33)34/h5,8-9,12-13,15-16,21,35H,4,6-7,10-11,14,17H2,1-3H3/t21?,27-/m0/s1. The van der Waals surface area contributed by atoms with Crippen molar-refractivity contribution in [2.45, 2.75) is 69.6 Å². The van der Waals surface area contributed by atoms with Gasteiger partial charge in [-0.2, -0.15) is 13.2 Å². The summed E-state index contributed by atoms with van der Waals surface area (Å²) in [5.74, 6) is -1.71. The third kappa shape index (κ3) is 8.44. The largest absolute Gasteiger partial charge is 0.419 e. The summed E-state index contributed by atoms with van der Waals surface area (Å²) in [6.45, 7) is 1.67. The number of sulfonamides is 1. The summed E-state index contributed by atoms with van der Waals surface area (Å²) in [6.07, 6.45) is 2.20. The number of carbonyl (C=O) groups is 1. The third-order valence-electron chi connectivity index (χ3n) is 7.22. The van der Waals surface area contributed by atoms with Gasteiger partial charge in [0.15, 0.2) is 0 Å². The first-order chi connectivity index (χ1) is 18.5. The molecule has 0 saturated heterocycles. The molecule has 5 nitrogen and oxygen atoms in total. The second-order valence-corrected chi connectivity index (χ2v) is 13.1. The van der Waals surface area contributed by atoms with Crippen LogP contribution in [-0.4, -0.2) is 38.6 Å². The SMILES string of the molecule is CN(Cc1ccc(C(F)(F)F)c(F)c1)C(=O)[C@@](C)(CCC=C1CCC(NS(C)(=O)=O)CC1)c1ccc(Cl)c(Cl)c1. The van der Waals surface area contributed by atoms with Gasteiger partial charge in [0.1, 0.15) is 5.82 Å². The monoisotopic (exact) mass is 622 g/mol. The minimum atomic E-state index is -4.81. The molecule has 0 unspecified atom stereocenters. The summed E-state index contributed by atoms with van der Waals surface area (Å²) in [5, 5.41) is 0.607. The summed E-state index contributed by atoms with van der Waals surface area (Å²) in [5.41, 5.74) is -0.403. The molecule has 0 bridgehead atoms. The molecule has 1 saturated carbocycles. The zero-order valence-electron chi connectivity index (χ0n) is 22.4. The Bertz CT molecular complexity index is 1370. The highest BCUT2D eigenvalue weighted by molar-refractivity contribution is 7.88. The van der Waals surface area contributed by atoms with Gasteiger partial charge in [-0.25, -0.2) is 17.5 Å². The molecule has 1 atom stereocenters. The van der Waals surface area contributed by atoms with Crippen LogP contribution in [-0.2, 0) is 33.0 Å². The molecule has 0 radical (unpaired) electrons. The fourth-order valence-electron chi connectivity index (χ4n) is 5.05. The van der Waals surface area contributed by atoms with Crippen LogP contribution < -0.4 is 4.72 Å². The van der Waals surface area contributed by atoms with Gasteiger partial charge in [0.25, 0.3) is 0 Å². The summed E-state index contributed by atoms with van der Waals surface area (Å²) < 4.78 is 78.7. The molecule has 0 heterocycles. The van der Waals surface area contributed by atoms with Gasteiger partial charge in [0.05, 0.1) is 27.3 Å². The second kappa shape index (κ2) is 12.8. The Balaban J connectivity index is 1.78. The molecule has 1 aliphatic carbocycles. The van der Waals surface area contributed by atoms with Crippen molar-refractivity contribution in [3.05, 3.63) is 80.6 Å². The molecule has 2 aromatic rings. The first-order valence-corrected chi connectivity index (χ1v) is 15.4. The van der Waals surface area contributed by atoms with E-state index in [0.717, 1.165) is 31.2 Å². The Morgan fingerprint density at radius 1 is 1.10 bits per heavy atom. The Hall–Kier alpha value is -2.14. The van der Waals surface area contributed by atoms with Crippen molar-refractivity contribution in [1.29, 1.82) is 0 Å². The molecule has 40 heavy (non-hydrogen) atoms. The van der Waals surface area contributed by atoms with Crippen molar-refractivity contribution >= 4 is 39.1 Å². The lowest BCUT2D eigenvalue weighted by Crippen LogP contribution is -2.43. The maximum Gasteiger partial charge on any atom is 0.419 e. The summed E-state index contributed by atoms with van der Waals surface area (Å²) in [4.78, 5) is 15.2. The van der Waals surface area contributed by atoms with E-state index in [0.29, 0.717) is 42.3 Å². The molecular weight excluding hydrogens is 591 g/mol. The molecule has 12 heteroatoms. The molecule has 0 aromatic heterocycles. The number of likely N-dealkylation sites (N-methyl/N-ethyl adjacent to an activating group) is 1. The van der Waals surface area contributed by atoms with Crippen LogP contribution in [0.15, 0.2) is 48.0 Å². The smallest absolute Gasteiger partial charge is 0.341 e. The lowest BCUT2D eigenvalue weighted by Gasteiger charge is -2.34. The molecule has 2 aromatic carbocycles. The highest BCUT2D eigenvalue weighted by Gasteiger charge is 2.38. The van der Waals surface area contributed by atoms with Crippen LogP contribution in [0.4, 0.5) is 17.6 Å². The molecule has 1 N–H and O–H groups in total. The van der Waals surface area contributed by atoms with Crippen LogP contribution in [0.2, 0.25) is 10.0 Å². The molecule has 220 valence electrons. The quantitative estimate of drug-likeness (QED) is 0.236. The normalized spacial score (nSPS) is 17.8. The first-order valence-electron chi connectivity index (χ1n) is 12.7. The van der Waals surface area contributed by atoms with Crippen LogP contribution in [0.3, 0.4) is 0 Å². The highest BCUT2D eigenvalue weighted by Crippen LogP contribution is 2.37. The van der Waals surface area contributed by atoms with Crippen molar-refractivity contribution in [2.75, 3.05) is 13.3 Å².